The molecule has 16 heavy (non-hydrogen) atoms. The normalized spacial score (nSPS) is 19.7. The number of carbonyl (C=O) groups is 1. The number of fused-ring (bicyclic) bond motifs is 1. The summed E-state index contributed by atoms with van der Waals surface area (Å²) < 4.78 is 0. The number of aliphatic hydroxyl groups excluding tert-OH is 1. The van der Waals surface area contributed by atoms with Gasteiger partial charge in [0.25, 0.3) is 5.91 Å². The molecule has 4 heteroatoms. The fourth-order valence-corrected chi connectivity index (χ4v) is 3.66. The van der Waals surface area contributed by atoms with Crippen LogP contribution >= 0.6 is 11.3 Å². The first kappa shape index (κ1) is 10.3. The predicted octanol–water partition coefficient (Wildman–Crippen LogP) is 1.30. The molecule has 1 aliphatic carbocycles. The smallest absolute Gasteiger partial charge is 0.263 e. The largest absolute Gasteiger partial charge is 0.396 e. The number of aliphatic hydroxyl groups is 1. The molecule has 2 aliphatic rings. The van der Waals surface area contributed by atoms with Gasteiger partial charge in [-0.3, -0.25) is 4.79 Å². The zero-order valence-corrected chi connectivity index (χ0v) is 9.92. The second kappa shape index (κ2) is 3.86. The molecule has 3 rings (SSSR count). The van der Waals surface area contributed by atoms with Crippen molar-refractivity contribution in [2.75, 3.05) is 19.7 Å². The molecule has 0 bridgehead atoms. The van der Waals surface area contributed by atoms with Crippen molar-refractivity contribution in [1.82, 2.24) is 4.90 Å². The molecule has 1 aliphatic heterocycles. The van der Waals surface area contributed by atoms with Crippen LogP contribution in [0.5, 0.6) is 0 Å². The fraction of sp³-hybridized carbons (Fsp3) is 0.583. The standard InChI is InChI=1S/C12H15NO2S/c14-7-8-5-13(6-8)12(15)11-4-9-2-1-3-10(9)16-11/h4,8,14H,1-3,5-7H2. The number of thiophene rings is 1. The van der Waals surface area contributed by atoms with Crippen molar-refractivity contribution in [3.05, 3.63) is 21.4 Å². The number of aryl methyl sites for hydroxylation is 2. The van der Waals surface area contributed by atoms with E-state index in [1.165, 1.54) is 16.9 Å². The maximum absolute atomic E-state index is 12.0. The molecule has 0 atom stereocenters. The first-order valence-corrected chi connectivity index (χ1v) is 6.61. The van der Waals surface area contributed by atoms with Gasteiger partial charge in [-0.1, -0.05) is 0 Å². The molecule has 0 spiro atoms. The van der Waals surface area contributed by atoms with Crippen molar-refractivity contribution in [1.29, 1.82) is 0 Å². The average molecular weight is 237 g/mol. The number of hydrogen-bond donors (Lipinski definition) is 1. The molecule has 2 heterocycles. The van der Waals surface area contributed by atoms with Gasteiger partial charge in [0.05, 0.1) is 4.88 Å². The highest BCUT2D eigenvalue weighted by atomic mass is 32.1. The van der Waals surface area contributed by atoms with Crippen LogP contribution in [0.2, 0.25) is 0 Å². The second-order valence-corrected chi connectivity index (χ2v) is 5.81. The van der Waals surface area contributed by atoms with Crippen LogP contribution in [0.15, 0.2) is 6.07 Å². The van der Waals surface area contributed by atoms with E-state index in [0.717, 1.165) is 30.8 Å². The monoisotopic (exact) mass is 237 g/mol. The number of amides is 1. The van der Waals surface area contributed by atoms with Gasteiger partial charge in [0.2, 0.25) is 0 Å². The van der Waals surface area contributed by atoms with E-state index in [0.29, 0.717) is 5.92 Å². The van der Waals surface area contributed by atoms with Crippen molar-refractivity contribution in [3.63, 3.8) is 0 Å². The molecule has 0 saturated carbocycles. The van der Waals surface area contributed by atoms with Crippen LogP contribution in [-0.4, -0.2) is 35.6 Å². The zero-order chi connectivity index (χ0) is 11.1. The quantitative estimate of drug-likeness (QED) is 0.842. The first-order valence-electron chi connectivity index (χ1n) is 5.79. The minimum absolute atomic E-state index is 0.157. The topological polar surface area (TPSA) is 40.5 Å². The third-order valence-electron chi connectivity index (χ3n) is 3.46. The summed E-state index contributed by atoms with van der Waals surface area (Å²) in [5.41, 5.74) is 1.38. The molecule has 0 radical (unpaired) electrons. The SMILES string of the molecule is O=C(c1cc2c(s1)CCC2)N1CC(CO)C1. The summed E-state index contributed by atoms with van der Waals surface area (Å²) >= 11 is 1.66. The van der Waals surface area contributed by atoms with Gasteiger partial charge < -0.3 is 10.0 Å². The van der Waals surface area contributed by atoms with Crippen LogP contribution in [0.25, 0.3) is 0 Å². The van der Waals surface area contributed by atoms with Crippen molar-refractivity contribution in [2.45, 2.75) is 19.3 Å². The van der Waals surface area contributed by atoms with E-state index < -0.39 is 0 Å². The summed E-state index contributed by atoms with van der Waals surface area (Å²) in [6.45, 7) is 1.64. The van der Waals surface area contributed by atoms with E-state index in [2.05, 4.69) is 6.07 Å². The van der Waals surface area contributed by atoms with Crippen LogP contribution < -0.4 is 0 Å². The molecule has 0 aromatic carbocycles. The van der Waals surface area contributed by atoms with E-state index in [9.17, 15) is 4.79 Å². The van der Waals surface area contributed by atoms with E-state index in [-0.39, 0.29) is 12.5 Å². The molecule has 0 unspecified atom stereocenters. The highest BCUT2D eigenvalue weighted by Crippen LogP contribution is 2.32. The third kappa shape index (κ3) is 1.57. The maximum atomic E-state index is 12.0. The van der Waals surface area contributed by atoms with Gasteiger partial charge in [0.1, 0.15) is 0 Å². The molecular weight excluding hydrogens is 222 g/mol. The van der Waals surface area contributed by atoms with Gasteiger partial charge in [-0.25, -0.2) is 0 Å². The van der Waals surface area contributed by atoms with Gasteiger partial charge >= 0.3 is 0 Å². The van der Waals surface area contributed by atoms with Gasteiger partial charge in [-0.15, -0.1) is 11.3 Å². The number of likely N-dealkylation sites (tertiary alicyclic amines) is 1. The van der Waals surface area contributed by atoms with Crippen molar-refractivity contribution >= 4 is 17.2 Å². The van der Waals surface area contributed by atoms with Crippen molar-refractivity contribution in [3.8, 4) is 0 Å². The molecule has 1 N–H and O–H groups in total. The summed E-state index contributed by atoms with van der Waals surface area (Å²) in [5, 5.41) is 8.92. The molecule has 3 nitrogen and oxygen atoms in total. The molecule has 1 amide bonds. The van der Waals surface area contributed by atoms with Crippen LogP contribution in [0.4, 0.5) is 0 Å². The van der Waals surface area contributed by atoms with E-state index in [1.54, 1.807) is 11.3 Å². The summed E-state index contributed by atoms with van der Waals surface area (Å²) in [4.78, 5) is 16.2. The van der Waals surface area contributed by atoms with E-state index in [4.69, 9.17) is 5.11 Å². The summed E-state index contributed by atoms with van der Waals surface area (Å²) in [5.74, 6) is 0.458. The Balaban J connectivity index is 1.71. The van der Waals surface area contributed by atoms with Crippen LogP contribution in [0.1, 0.15) is 26.5 Å². The molecule has 1 saturated heterocycles. The maximum Gasteiger partial charge on any atom is 0.263 e. The highest BCUT2D eigenvalue weighted by molar-refractivity contribution is 7.14. The fourth-order valence-electron chi connectivity index (χ4n) is 2.44. The van der Waals surface area contributed by atoms with Crippen LogP contribution in [-0.2, 0) is 12.8 Å². The second-order valence-electron chi connectivity index (χ2n) is 4.67. The van der Waals surface area contributed by atoms with Gasteiger partial charge in [-0.05, 0) is 30.9 Å². The Labute approximate surface area is 98.7 Å². The Bertz CT molecular complexity index is 399. The van der Waals surface area contributed by atoms with Crippen molar-refractivity contribution in [2.24, 2.45) is 5.92 Å². The summed E-state index contributed by atoms with van der Waals surface area (Å²) in [6.07, 6.45) is 3.52. The van der Waals surface area contributed by atoms with Crippen LogP contribution in [0.3, 0.4) is 0 Å². The minimum atomic E-state index is 0.157. The molecular formula is C12H15NO2S. The Morgan fingerprint density at radius 2 is 2.31 bits per heavy atom. The number of rotatable bonds is 2. The first-order chi connectivity index (χ1) is 7.78. The lowest BCUT2D eigenvalue weighted by molar-refractivity contribution is 0.0366. The average Bonchev–Trinajstić information content (AvgIpc) is 2.74. The lowest BCUT2D eigenvalue weighted by Gasteiger charge is -2.37. The number of carbonyl (C=O) groups excluding carboxylic acids is 1. The third-order valence-corrected chi connectivity index (χ3v) is 4.69. The molecule has 86 valence electrons. The predicted molar refractivity (Wildman–Crippen MR) is 62.8 cm³/mol. The lowest BCUT2D eigenvalue weighted by Crippen LogP contribution is -2.51. The Kier molecular flexibility index (Phi) is 2.48. The molecule has 1 aromatic rings. The summed E-state index contributed by atoms with van der Waals surface area (Å²) in [7, 11) is 0. The Hall–Kier alpha value is -0.870. The van der Waals surface area contributed by atoms with Gasteiger partial charge in [0, 0.05) is 30.5 Å². The van der Waals surface area contributed by atoms with Crippen molar-refractivity contribution < 1.29 is 9.90 Å². The Morgan fingerprint density at radius 1 is 1.50 bits per heavy atom. The van der Waals surface area contributed by atoms with E-state index in [1.807, 2.05) is 4.90 Å². The lowest BCUT2D eigenvalue weighted by atomic mass is 10.0. The highest BCUT2D eigenvalue weighted by Gasteiger charge is 2.32. The summed E-state index contributed by atoms with van der Waals surface area (Å²) in [6, 6.07) is 2.07. The zero-order valence-electron chi connectivity index (χ0n) is 9.11. The molecule has 1 fully saturated rings. The Morgan fingerprint density at radius 3 is 3.00 bits per heavy atom. The number of hydrogen-bond acceptors (Lipinski definition) is 3. The van der Waals surface area contributed by atoms with E-state index >= 15 is 0 Å². The minimum Gasteiger partial charge on any atom is -0.396 e. The van der Waals surface area contributed by atoms with Gasteiger partial charge in [-0.2, -0.15) is 0 Å². The van der Waals surface area contributed by atoms with Gasteiger partial charge in [0.15, 0.2) is 0 Å². The number of nitrogens with zero attached hydrogens (tertiary/aromatic N) is 1. The molecule has 1 aromatic heterocycles. The van der Waals surface area contributed by atoms with Crippen LogP contribution in [0, 0.1) is 5.92 Å².